The number of ether oxygens (including phenoxy) is 2. The van der Waals surface area contributed by atoms with Crippen molar-refractivity contribution in [1.29, 1.82) is 0 Å². The Morgan fingerprint density at radius 3 is 2.40 bits per heavy atom. The highest BCUT2D eigenvalue weighted by Crippen LogP contribution is 2.35. The van der Waals surface area contributed by atoms with E-state index in [-0.39, 0.29) is 12.0 Å². The van der Waals surface area contributed by atoms with Crippen LogP contribution in [0.2, 0.25) is 0 Å². The molecule has 0 amide bonds. The van der Waals surface area contributed by atoms with Crippen LogP contribution in [0.1, 0.15) is 50.5 Å². The second kappa shape index (κ2) is 6.27. The van der Waals surface area contributed by atoms with E-state index < -0.39 is 12.1 Å². The molecule has 0 bridgehead atoms. The lowest BCUT2D eigenvalue weighted by Crippen LogP contribution is -2.19. The van der Waals surface area contributed by atoms with Gasteiger partial charge in [0.05, 0.1) is 13.7 Å². The molecule has 0 saturated carbocycles. The molecule has 0 fully saturated rings. The summed E-state index contributed by atoms with van der Waals surface area (Å²) >= 11 is 0. The van der Waals surface area contributed by atoms with Crippen LogP contribution in [-0.2, 0) is 14.9 Å². The van der Waals surface area contributed by atoms with Gasteiger partial charge in [0, 0.05) is 0 Å². The molecular weight excluding hydrogens is 256 g/mol. The molecule has 1 rings (SSSR count). The van der Waals surface area contributed by atoms with Crippen molar-refractivity contribution in [3.05, 3.63) is 28.8 Å². The minimum atomic E-state index is -1.26. The van der Waals surface area contributed by atoms with Crippen molar-refractivity contribution < 1.29 is 19.4 Å². The maximum absolute atomic E-state index is 11.7. The van der Waals surface area contributed by atoms with Gasteiger partial charge in [-0.05, 0) is 48.1 Å². The average Bonchev–Trinajstić information content (AvgIpc) is 2.36. The van der Waals surface area contributed by atoms with Gasteiger partial charge in [-0.2, -0.15) is 0 Å². The predicted molar refractivity (Wildman–Crippen MR) is 78.0 cm³/mol. The average molecular weight is 280 g/mol. The molecule has 1 aromatic rings. The molecule has 1 N–H and O–H groups in total. The molecule has 0 spiro atoms. The molecular formula is C16H24O4. The third-order valence-electron chi connectivity index (χ3n) is 3.20. The smallest absolute Gasteiger partial charge is 0.339 e. The van der Waals surface area contributed by atoms with E-state index in [0.29, 0.717) is 5.56 Å². The molecule has 0 heterocycles. The number of hydrogen-bond donors (Lipinski definition) is 1. The number of esters is 1. The van der Waals surface area contributed by atoms with Gasteiger partial charge in [-0.3, -0.25) is 0 Å². The molecule has 1 aromatic carbocycles. The van der Waals surface area contributed by atoms with Crippen LogP contribution in [0, 0.1) is 6.92 Å². The van der Waals surface area contributed by atoms with Crippen molar-refractivity contribution in [3.8, 4) is 5.75 Å². The first-order valence-electron chi connectivity index (χ1n) is 6.76. The van der Waals surface area contributed by atoms with Crippen molar-refractivity contribution in [2.45, 2.75) is 46.1 Å². The minimum absolute atomic E-state index is 0.151. The highest BCUT2D eigenvalue weighted by atomic mass is 16.5. The molecule has 20 heavy (non-hydrogen) atoms. The normalized spacial score (nSPS) is 12.9. The molecule has 0 radical (unpaired) electrons. The standard InChI is InChI=1S/C16H24O4/c1-7-20-15(18)14(17)11-9-12(16(3,4)5)13(19-6)8-10(11)2/h8-9,14,17H,7H2,1-6H3. The van der Waals surface area contributed by atoms with Crippen LogP contribution in [0.25, 0.3) is 0 Å². The van der Waals surface area contributed by atoms with Crippen molar-refractivity contribution in [2.24, 2.45) is 0 Å². The highest BCUT2D eigenvalue weighted by Gasteiger charge is 2.26. The number of rotatable bonds is 4. The highest BCUT2D eigenvalue weighted by molar-refractivity contribution is 5.77. The number of benzene rings is 1. The van der Waals surface area contributed by atoms with Crippen LogP contribution in [0.4, 0.5) is 0 Å². The Balaban J connectivity index is 3.31. The SMILES string of the molecule is CCOC(=O)C(O)c1cc(C(C)(C)C)c(OC)cc1C. The zero-order chi connectivity index (χ0) is 15.5. The van der Waals surface area contributed by atoms with E-state index in [4.69, 9.17) is 9.47 Å². The predicted octanol–water partition coefficient (Wildman–Crippen LogP) is 2.90. The first kappa shape index (κ1) is 16.5. The van der Waals surface area contributed by atoms with Gasteiger partial charge in [0.1, 0.15) is 5.75 Å². The zero-order valence-corrected chi connectivity index (χ0v) is 13.1. The van der Waals surface area contributed by atoms with Crippen molar-refractivity contribution >= 4 is 5.97 Å². The minimum Gasteiger partial charge on any atom is -0.496 e. The Morgan fingerprint density at radius 1 is 1.35 bits per heavy atom. The summed E-state index contributed by atoms with van der Waals surface area (Å²) in [6.45, 7) is 9.97. The molecule has 0 aliphatic rings. The van der Waals surface area contributed by atoms with Gasteiger partial charge in [0.15, 0.2) is 6.10 Å². The van der Waals surface area contributed by atoms with E-state index in [1.54, 1.807) is 14.0 Å². The lowest BCUT2D eigenvalue weighted by molar-refractivity contribution is -0.153. The lowest BCUT2D eigenvalue weighted by Gasteiger charge is -2.25. The van der Waals surface area contributed by atoms with E-state index in [2.05, 4.69) is 20.8 Å². The summed E-state index contributed by atoms with van der Waals surface area (Å²) in [6.07, 6.45) is -1.26. The van der Waals surface area contributed by atoms with Gasteiger partial charge in [-0.25, -0.2) is 4.79 Å². The lowest BCUT2D eigenvalue weighted by atomic mass is 9.83. The summed E-state index contributed by atoms with van der Waals surface area (Å²) in [5.41, 5.74) is 2.16. The number of hydrogen-bond acceptors (Lipinski definition) is 4. The topological polar surface area (TPSA) is 55.8 Å². The van der Waals surface area contributed by atoms with Crippen molar-refractivity contribution in [2.75, 3.05) is 13.7 Å². The molecule has 1 unspecified atom stereocenters. The van der Waals surface area contributed by atoms with Crippen molar-refractivity contribution in [1.82, 2.24) is 0 Å². The van der Waals surface area contributed by atoms with Gasteiger partial charge >= 0.3 is 5.97 Å². The summed E-state index contributed by atoms with van der Waals surface area (Å²) in [5, 5.41) is 10.1. The number of carbonyl (C=O) groups is 1. The number of aliphatic hydroxyl groups is 1. The fraction of sp³-hybridized carbons (Fsp3) is 0.562. The van der Waals surface area contributed by atoms with Gasteiger partial charge < -0.3 is 14.6 Å². The van der Waals surface area contributed by atoms with E-state index >= 15 is 0 Å². The fourth-order valence-electron chi connectivity index (χ4n) is 2.10. The Morgan fingerprint density at radius 2 is 1.95 bits per heavy atom. The Kier molecular flexibility index (Phi) is 5.17. The molecule has 4 nitrogen and oxygen atoms in total. The van der Waals surface area contributed by atoms with Crippen molar-refractivity contribution in [3.63, 3.8) is 0 Å². The van der Waals surface area contributed by atoms with E-state index in [1.165, 1.54) is 0 Å². The number of aliphatic hydroxyl groups excluding tert-OH is 1. The van der Waals surface area contributed by atoms with E-state index in [1.807, 2.05) is 19.1 Å². The van der Waals surface area contributed by atoms with Crippen LogP contribution in [0.5, 0.6) is 5.75 Å². The summed E-state index contributed by atoms with van der Waals surface area (Å²) in [7, 11) is 1.62. The van der Waals surface area contributed by atoms with Crippen LogP contribution >= 0.6 is 0 Å². The van der Waals surface area contributed by atoms with Crippen LogP contribution in [-0.4, -0.2) is 24.8 Å². The number of methoxy groups -OCH3 is 1. The molecule has 0 aliphatic heterocycles. The Labute approximate surface area is 120 Å². The molecule has 0 aliphatic carbocycles. The van der Waals surface area contributed by atoms with Gasteiger partial charge in [-0.15, -0.1) is 0 Å². The summed E-state index contributed by atoms with van der Waals surface area (Å²) in [6, 6.07) is 3.67. The molecule has 1 atom stereocenters. The first-order valence-corrected chi connectivity index (χ1v) is 6.76. The molecule has 0 aromatic heterocycles. The fourth-order valence-corrected chi connectivity index (χ4v) is 2.10. The second-order valence-electron chi connectivity index (χ2n) is 5.81. The Bertz CT molecular complexity index is 486. The monoisotopic (exact) mass is 280 g/mol. The van der Waals surface area contributed by atoms with E-state index in [0.717, 1.165) is 16.9 Å². The van der Waals surface area contributed by atoms with Crippen LogP contribution < -0.4 is 4.74 Å². The summed E-state index contributed by atoms with van der Waals surface area (Å²) < 4.78 is 10.3. The Hall–Kier alpha value is -1.55. The maximum Gasteiger partial charge on any atom is 0.339 e. The molecule has 112 valence electrons. The maximum atomic E-state index is 11.7. The van der Waals surface area contributed by atoms with Gasteiger partial charge in [-0.1, -0.05) is 20.8 Å². The summed E-state index contributed by atoms with van der Waals surface area (Å²) in [5.74, 6) is 0.135. The molecule has 4 heteroatoms. The van der Waals surface area contributed by atoms with E-state index in [9.17, 15) is 9.90 Å². The second-order valence-corrected chi connectivity index (χ2v) is 5.81. The van der Waals surface area contributed by atoms with Gasteiger partial charge in [0.25, 0.3) is 0 Å². The van der Waals surface area contributed by atoms with Crippen LogP contribution in [0.15, 0.2) is 12.1 Å². The molecule has 0 saturated heterocycles. The summed E-state index contributed by atoms with van der Waals surface area (Å²) in [4.78, 5) is 11.7. The zero-order valence-electron chi connectivity index (χ0n) is 13.1. The van der Waals surface area contributed by atoms with Crippen LogP contribution in [0.3, 0.4) is 0 Å². The van der Waals surface area contributed by atoms with Gasteiger partial charge in [0.2, 0.25) is 0 Å². The quantitative estimate of drug-likeness (QED) is 0.862. The third kappa shape index (κ3) is 3.51. The third-order valence-corrected chi connectivity index (χ3v) is 3.20. The first-order chi connectivity index (χ1) is 9.22. The number of carbonyl (C=O) groups excluding carboxylic acids is 1. The number of aryl methyl sites for hydroxylation is 1. The largest absolute Gasteiger partial charge is 0.496 e.